The standard InChI is InChI=1S/C23H27N5O7/c1-15(29)12-26-23(35)17(11-16-5-3-2-4-6-16)27-20(32)14-25-19(31)13-24-18(30)9-10-28-21(33)7-8-22(28)34/h2-8,17H,9-14H2,1H3,(H,24,30)(H,25,31)(H,26,35)(H,27,32)/t17-/m0/s1. The van der Waals surface area contributed by atoms with E-state index in [2.05, 4.69) is 21.3 Å². The van der Waals surface area contributed by atoms with E-state index in [1.807, 2.05) is 6.07 Å². The molecule has 0 aliphatic carbocycles. The number of ketones is 1. The van der Waals surface area contributed by atoms with Gasteiger partial charge >= 0.3 is 0 Å². The minimum absolute atomic E-state index is 0.116. The van der Waals surface area contributed by atoms with Crippen LogP contribution in [-0.4, -0.2) is 78.3 Å². The van der Waals surface area contributed by atoms with Crippen LogP contribution in [0.5, 0.6) is 0 Å². The normalized spacial score (nSPS) is 13.2. The van der Waals surface area contributed by atoms with Crippen LogP contribution in [0.25, 0.3) is 0 Å². The largest absolute Gasteiger partial charge is 0.347 e. The predicted molar refractivity (Wildman–Crippen MR) is 122 cm³/mol. The van der Waals surface area contributed by atoms with E-state index in [1.165, 1.54) is 6.92 Å². The molecule has 2 rings (SSSR count). The van der Waals surface area contributed by atoms with E-state index in [0.717, 1.165) is 22.6 Å². The summed E-state index contributed by atoms with van der Waals surface area (Å²) in [5, 5.41) is 9.64. The molecule has 1 atom stereocenters. The number of Topliss-reactive ketones (excluding diaryl/α,β-unsaturated/α-hetero) is 1. The minimum atomic E-state index is -0.966. The van der Waals surface area contributed by atoms with Gasteiger partial charge in [-0.25, -0.2) is 0 Å². The van der Waals surface area contributed by atoms with E-state index < -0.39 is 54.6 Å². The Morgan fingerprint density at radius 1 is 0.800 bits per heavy atom. The summed E-state index contributed by atoms with van der Waals surface area (Å²) in [6.45, 7) is 0.172. The molecule has 0 bridgehead atoms. The average molecular weight is 485 g/mol. The quantitative estimate of drug-likeness (QED) is 0.233. The number of hydrogen-bond donors (Lipinski definition) is 4. The molecule has 1 heterocycles. The second-order valence-electron chi connectivity index (χ2n) is 7.69. The highest BCUT2D eigenvalue weighted by Crippen LogP contribution is 2.04. The summed E-state index contributed by atoms with van der Waals surface area (Å²) >= 11 is 0. The zero-order chi connectivity index (χ0) is 25.8. The van der Waals surface area contributed by atoms with E-state index in [0.29, 0.717) is 0 Å². The van der Waals surface area contributed by atoms with Gasteiger partial charge in [-0.05, 0) is 12.5 Å². The number of rotatable bonds is 13. The zero-order valence-electron chi connectivity index (χ0n) is 19.2. The van der Waals surface area contributed by atoms with Crippen molar-refractivity contribution in [1.82, 2.24) is 26.2 Å². The van der Waals surface area contributed by atoms with Crippen LogP contribution < -0.4 is 21.3 Å². The lowest BCUT2D eigenvalue weighted by Gasteiger charge is -2.18. The highest BCUT2D eigenvalue weighted by molar-refractivity contribution is 6.13. The van der Waals surface area contributed by atoms with E-state index >= 15 is 0 Å². The maximum absolute atomic E-state index is 12.4. The van der Waals surface area contributed by atoms with Gasteiger partial charge in [-0.15, -0.1) is 0 Å². The van der Waals surface area contributed by atoms with Crippen LogP contribution in [0.3, 0.4) is 0 Å². The highest BCUT2D eigenvalue weighted by atomic mass is 16.2. The maximum Gasteiger partial charge on any atom is 0.253 e. The van der Waals surface area contributed by atoms with Crippen LogP contribution in [0, 0.1) is 0 Å². The Morgan fingerprint density at radius 2 is 1.40 bits per heavy atom. The van der Waals surface area contributed by atoms with E-state index in [4.69, 9.17) is 0 Å². The maximum atomic E-state index is 12.4. The smallest absolute Gasteiger partial charge is 0.253 e. The van der Waals surface area contributed by atoms with Crippen molar-refractivity contribution in [2.24, 2.45) is 0 Å². The van der Waals surface area contributed by atoms with Crippen LogP contribution in [0.1, 0.15) is 18.9 Å². The van der Waals surface area contributed by atoms with Gasteiger partial charge in [0.1, 0.15) is 11.8 Å². The number of carbonyl (C=O) groups is 7. The average Bonchev–Trinajstić information content (AvgIpc) is 3.15. The molecule has 12 nitrogen and oxygen atoms in total. The minimum Gasteiger partial charge on any atom is -0.347 e. The third-order valence-corrected chi connectivity index (χ3v) is 4.80. The molecule has 0 spiro atoms. The first-order valence-corrected chi connectivity index (χ1v) is 10.8. The van der Waals surface area contributed by atoms with Gasteiger partial charge in [-0.3, -0.25) is 38.5 Å². The summed E-state index contributed by atoms with van der Waals surface area (Å²) in [6.07, 6.45) is 2.22. The van der Waals surface area contributed by atoms with Crippen molar-refractivity contribution in [3.63, 3.8) is 0 Å². The van der Waals surface area contributed by atoms with Crippen molar-refractivity contribution in [1.29, 1.82) is 0 Å². The molecule has 4 N–H and O–H groups in total. The van der Waals surface area contributed by atoms with E-state index in [9.17, 15) is 33.6 Å². The van der Waals surface area contributed by atoms with Gasteiger partial charge in [0.05, 0.1) is 19.6 Å². The molecule has 0 unspecified atom stereocenters. The van der Waals surface area contributed by atoms with Crippen molar-refractivity contribution in [3.8, 4) is 0 Å². The van der Waals surface area contributed by atoms with Crippen molar-refractivity contribution >= 4 is 41.2 Å². The number of nitrogens with zero attached hydrogens (tertiary/aromatic N) is 1. The van der Waals surface area contributed by atoms with Gasteiger partial charge in [0.15, 0.2) is 0 Å². The highest BCUT2D eigenvalue weighted by Gasteiger charge is 2.24. The van der Waals surface area contributed by atoms with E-state index in [-0.39, 0.29) is 31.7 Å². The van der Waals surface area contributed by atoms with Crippen molar-refractivity contribution < 1.29 is 33.6 Å². The number of hydrogen-bond acceptors (Lipinski definition) is 7. The lowest BCUT2D eigenvalue weighted by Crippen LogP contribution is -2.51. The lowest BCUT2D eigenvalue weighted by molar-refractivity contribution is -0.137. The number of carbonyl (C=O) groups excluding carboxylic acids is 7. The van der Waals surface area contributed by atoms with Crippen molar-refractivity contribution in [2.75, 3.05) is 26.2 Å². The fourth-order valence-electron chi connectivity index (χ4n) is 3.01. The summed E-state index contributed by atoms with van der Waals surface area (Å²) in [4.78, 5) is 83.5. The SMILES string of the molecule is CC(=O)CNC(=O)[C@H](Cc1ccccc1)NC(=O)CNC(=O)CNC(=O)CCN1C(=O)C=CC1=O. The molecular weight excluding hydrogens is 458 g/mol. The molecule has 0 saturated heterocycles. The molecule has 35 heavy (non-hydrogen) atoms. The number of benzene rings is 1. The monoisotopic (exact) mass is 485 g/mol. The third-order valence-electron chi connectivity index (χ3n) is 4.80. The van der Waals surface area contributed by atoms with Gasteiger partial charge in [0.25, 0.3) is 11.8 Å². The molecule has 12 heteroatoms. The van der Waals surface area contributed by atoms with Gasteiger partial charge in [-0.2, -0.15) is 0 Å². The van der Waals surface area contributed by atoms with Crippen LogP contribution >= 0.6 is 0 Å². The lowest BCUT2D eigenvalue weighted by atomic mass is 10.1. The Balaban J connectivity index is 1.76. The molecule has 186 valence electrons. The van der Waals surface area contributed by atoms with Crippen LogP contribution in [0.4, 0.5) is 0 Å². The Kier molecular flexibility index (Phi) is 10.3. The van der Waals surface area contributed by atoms with Gasteiger partial charge in [-0.1, -0.05) is 30.3 Å². The summed E-state index contributed by atoms with van der Waals surface area (Å²) in [7, 11) is 0. The molecular formula is C23H27N5O7. The molecule has 0 saturated carbocycles. The molecule has 1 aliphatic heterocycles. The molecule has 1 aromatic carbocycles. The van der Waals surface area contributed by atoms with Crippen LogP contribution in [0.15, 0.2) is 42.5 Å². The predicted octanol–water partition coefficient (Wildman–Crippen LogP) is -2.03. The van der Waals surface area contributed by atoms with E-state index in [1.54, 1.807) is 24.3 Å². The topological polar surface area (TPSA) is 171 Å². The molecule has 0 fully saturated rings. The molecule has 0 aromatic heterocycles. The first kappa shape index (κ1) is 26.9. The first-order valence-electron chi connectivity index (χ1n) is 10.8. The molecule has 1 aromatic rings. The first-order chi connectivity index (χ1) is 16.7. The van der Waals surface area contributed by atoms with Crippen LogP contribution in [-0.2, 0) is 40.0 Å². The van der Waals surface area contributed by atoms with Gasteiger partial charge in [0.2, 0.25) is 23.6 Å². The second-order valence-corrected chi connectivity index (χ2v) is 7.69. The Hall–Kier alpha value is -4.35. The fourth-order valence-corrected chi connectivity index (χ4v) is 3.01. The molecule has 1 aliphatic rings. The molecule has 6 amide bonds. The van der Waals surface area contributed by atoms with Crippen molar-refractivity contribution in [2.45, 2.75) is 25.8 Å². The van der Waals surface area contributed by atoms with Crippen LogP contribution in [0.2, 0.25) is 0 Å². The molecule has 0 radical (unpaired) electrons. The second kappa shape index (κ2) is 13.4. The van der Waals surface area contributed by atoms with Gasteiger partial charge in [0, 0.05) is 31.5 Å². The van der Waals surface area contributed by atoms with Gasteiger partial charge < -0.3 is 21.3 Å². The summed E-state index contributed by atoms with van der Waals surface area (Å²) in [5.41, 5.74) is 0.788. The van der Waals surface area contributed by atoms with Crippen molar-refractivity contribution in [3.05, 3.63) is 48.0 Å². The third kappa shape index (κ3) is 9.58. The number of amides is 6. The fraction of sp³-hybridized carbons (Fsp3) is 0.348. The Labute approximate surface area is 201 Å². The number of imide groups is 1. The summed E-state index contributed by atoms with van der Waals surface area (Å²) < 4.78 is 0. The zero-order valence-corrected chi connectivity index (χ0v) is 19.2. The Bertz CT molecular complexity index is 1000. The summed E-state index contributed by atoms with van der Waals surface area (Å²) in [6, 6.07) is 7.99. The number of nitrogens with one attached hydrogen (secondary N) is 4. The Morgan fingerprint density at radius 3 is 2.03 bits per heavy atom. The summed E-state index contributed by atoms with van der Waals surface area (Å²) in [5.74, 6) is -3.64.